The SMILES string of the molecule is COC(=O)C1(C(F)(F)F)CC2CC1C(C(C)C)C2C(C)(C)C. The van der Waals surface area contributed by atoms with E-state index >= 15 is 0 Å². The van der Waals surface area contributed by atoms with E-state index in [4.69, 9.17) is 0 Å². The van der Waals surface area contributed by atoms with Gasteiger partial charge in [0, 0.05) is 0 Å². The summed E-state index contributed by atoms with van der Waals surface area (Å²) in [5, 5.41) is 0. The molecule has 2 rings (SSSR count). The molecule has 0 saturated heterocycles. The van der Waals surface area contributed by atoms with Gasteiger partial charge in [-0.15, -0.1) is 0 Å². The summed E-state index contributed by atoms with van der Waals surface area (Å²) in [6, 6.07) is 0. The minimum atomic E-state index is -4.55. The number of alkyl halides is 3. The summed E-state index contributed by atoms with van der Waals surface area (Å²) >= 11 is 0. The van der Waals surface area contributed by atoms with Crippen molar-refractivity contribution >= 4 is 5.97 Å². The Labute approximate surface area is 130 Å². The first-order valence-corrected chi connectivity index (χ1v) is 8.03. The fourth-order valence-electron chi connectivity index (χ4n) is 5.52. The number of halogens is 3. The molecule has 2 bridgehead atoms. The van der Waals surface area contributed by atoms with Crippen LogP contribution in [0.2, 0.25) is 0 Å². The van der Waals surface area contributed by atoms with Crippen molar-refractivity contribution in [1.29, 1.82) is 0 Å². The van der Waals surface area contributed by atoms with E-state index < -0.39 is 23.5 Å². The van der Waals surface area contributed by atoms with Crippen molar-refractivity contribution < 1.29 is 22.7 Å². The van der Waals surface area contributed by atoms with Crippen molar-refractivity contribution in [3.63, 3.8) is 0 Å². The van der Waals surface area contributed by atoms with Gasteiger partial charge in [0.1, 0.15) is 0 Å². The standard InChI is InChI=1S/C17H27F3O2/c1-9(2)12-11-7-10(13(12)15(3,4)5)8-16(11,14(21)22-6)17(18,19)20/h9-13H,7-8H2,1-6H3. The first kappa shape index (κ1) is 17.6. The normalized spacial score (nSPS) is 38.6. The molecule has 2 aliphatic rings. The number of carbonyl (C=O) groups excluding carboxylic acids is 1. The lowest BCUT2D eigenvalue weighted by atomic mass is 9.56. The Morgan fingerprint density at radius 3 is 2.14 bits per heavy atom. The van der Waals surface area contributed by atoms with Crippen LogP contribution in [0.1, 0.15) is 47.5 Å². The molecule has 0 amide bonds. The molecular formula is C17H27F3O2. The van der Waals surface area contributed by atoms with Gasteiger partial charge < -0.3 is 4.74 Å². The smallest absolute Gasteiger partial charge is 0.405 e. The van der Waals surface area contributed by atoms with Crippen LogP contribution in [-0.4, -0.2) is 19.3 Å². The largest absolute Gasteiger partial charge is 0.468 e. The number of hydrogen-bond donors (Lipinski definition) is 0. The summed E-state index contributed by atoms with van der Waals surface area (Å²) in [7, 11) is 1.06. The molecule has 5 heteroatoms. The molecule has 128 valence electrons. The molecule has 2 fully saturated rings. The number of methoxy groups -OCH3 is 1. The van der Waals surface area contributed by atoms with Crippen LogP contribution in [0.4, 0.5) is 13.2 Å². The zero-order valence-electron chi connectivity index (χ0n) is 14.3. The Kier molecular flexibility index (Phi) is 4.11. The average Bonchev–Trinajstić information content (AvgIpc) is 2.91. The highest BCUT2D eigenvalue weighted by Crippen LogP contribution is 2.70. The second-order valence-corrected chi connectivity index (χ2v) is 8.48. The summed E-state index contributed by atoms with van der Waals surface area (Å²) in [5.41, 5.74) is -2.36. The molecule has 0 aromatic heterocycles. The van der Waals surface area contributed by atoms with E-state index in [1.807, 2.05) is 13.8 Å². The highest BCUT2D eigenvalue weighted by molar-refractivity contribution is 5.79. The Bertz CT molecular complexity index is 450. The molecule has 0 heterocycles. The monoisotopic (exact) mass is 320 g/mol. The maximum Gasteiger partial charge on any atom is 0.405 e. The van der Waals surface area contributed by atoms with Crippen LogP contribution >= 0.6 is 0 Å². The number of ether oxygens (including phenoxy) is 1. The third-order valence-electron chi connectivity index (χ3n) is 5.99. The van der Waals surface area contributed by atoms with Gasteiger partial charge in [-0.2, -0.15) is 13.2 Å². The van der Waals surface area contributed by atoms with E-state index in [-0.39, 0.29) is 35.5 Å². The van der Waals surface area contributed by atoms with E-state index in [0.29, 0.717) is 6.42 Å². The predicted octanol–water partition coefficient (Wildman–Crippen LogP) is 4.68. The molecule has 2 nitrogen and oxygen atoms in total. The van der Waals surface area contributed by atoms with Gasteiger partial charge in [-0.1, -0.05) is 34.6 Å². The number of hydrogen-bond acceptors (Lipinski definition) is 2. The molecule has 0 aromatic carbocycles. The maximum atomic E-state index is 13.9. The van der Waals surface area contributed by atoms with Crippen LogP contribution in [-0.2, 0) is 9.53 Å². The molecule has 2 saturated carbocycles. The molecule has 2 aliphatic carbocycles. The van der Waals surface area contributed by atoms with Crippen LogP contribution in [0, 0.1) is 40.4 Å². The van der Waals surface area contributed by atoms with Crippen molar-refractivity contribution in [2.75, 3.05) is 7.11 Å². The van der Waals surface area contributed by atoms with Gasteiger partial charge in [0.25, 0.3) is 0 Å². The van der Waals surface area contributed by atoms with Crippen molar-refractivity contribution in [2.24, 2.45) is 40.4 Å². The van der Waals surface area contributed by atoms with Crippen LogP contribution in [0.3, 0.4) is 0 Å². The molecule has 0 N–H and O–H groups in total. The van der Waals surface area contributed by atoms with E-state index in [1.54, 1.807) is 0 Å². The fourth-order valence-corrected chi connectivity index (χ4v) is 5.52. The zero-order valence-corrected chi connectivity index (χ0v) is 14.3. The van der Waals surface area contributed by atoms with Crippen molar-refractivity contribution in [3.05, 3.63) is 0 Å². The summed E-state index contributed by atoms with van der Waals surface area (Å²) in [4.78, 5) is 12.2. The lowest BCUT2D eigenvalue weighted by Gasteiger charge is -2.49. The number of fused-ring (bicyclic) bond motifs is 2. The first-order chi connectivity index (χ1) is 9.88. The van der Waals surface area contributed by atoms with Crippen LogP contribution in [0.25, 0.3) is 0 Å². The summed E-state index contributed by atoms with van der Waals surface area (Å²) in [5.74, 6) is -1.57. The molecule has 22 heavy (non-hydrogen) atoms. The van der Waals surface area contributed by atoms with Crippen molar-refractivity contribution in [1.82, 2.24) is 0 Å². The van der Waals surface area contributed by atoms with Gasteiger partial charge in [-0.25, -0.2) is 0 Å². The molecule has 5 atom stereocenters. The summed E-state index contributed by atoms with van der Waals surface area (Å²) < 4.78 is 46.2. The van der Waals surface area contributed by atoms with E-state index in [2.05, 4.69) is 25.5 Å². The molecule has 0 aliphatic heterocycles. The fraction of sp³-hybridized carbons (Fsp3) is 0.941. The third kappa shape index (κ3) is 2.26. The molecule has 5 unspecified atom stereocenters. The molecule has 0 spiro atoms. The van der Waals surface area contributed by atoms with Gasteiger partial charge >= 0.3 is 12.1 Å². The van der Waals surface area contributed by atoms with Crippen LogP contribution in [0.15, 0.2) is 0 Å². The average molecular weight is 320 g/mol. The Morgan fingerprint density at radius 2 is 1.77 bits per heavy atom. The Hall–Kier alpha value is -0.740. The second-order valence-electron chi connectivity index (χ2n) is 8.48. The van der Waals surface area contributed by atoms with E-state index in [0.717, 1.165) is 7.11 Å². The van der Waals surface area contributed by atoms with Gasteiger partial charge in [-0.05, 0) is 47.8 Å². The van der Waals surface area contributed by atoms with Crippen LogP contribution in [0.5, 0.6) is 0 Å². The van der Waals surface area contributed by atoms with Crippen molar-refractivity contribution in [2.45, 2.75) is 53.6 Å². The first-order valence-electron chi connectivity index (χ1n) is 8.03. The van der Waals surface area contributed by atoms with E-state index in [1.165, 1.54) is 0 Å². The maximum absolute atomic E-state index is 13.9. The summed E-state index contributed by atoms with van der Waals surface area (Å²) in [6.45, 7) is 10.2. The number of rotatable bonds is 2. The minimum Gasteiger partial charge on any atom is -0.468 e. The van der Waals surface area contributed by atoms with Gasteiger partial charge in [0.2, 0.25) is 0 Å². The van der Waals surface area contributed by atoms with Gasteiger partial charge in [0.05, 0.1) is 7.11 Å². The number of esters is 1. The minimum absolute atomic E-state index is 0.0533. The third-order valence-corrected chi connectivity index (χ3v) is 5.99. The quantitative estimate of drug-likeness (QED) is 0.690. The predicted molar refractivity (Wildman–Crippen MR) is 78.0 cm³/mol. The number of carbonyl (C=O) groups is 1. The van der Waals surface area contributed by atoms with Crippen molar-refractivity contribution in [3.8, 4) is 0 Å². The lowest BCUT2D eigenvalue weighted by molar-refractivity contribution is -0.257. The topological polar surface area (TPSA) is 26.3 Å². The van der Waals surface area contributed by atoms with Gasteiger partial charge in [0.15, 0.2) is 5.41 Å². The lowest BCUT2D eigenvalue weighted by Crippen LogP contribution is -2.55. The van der Waals surface area contributed by atoms with E-state index in [9.17, 15) is 18.0 Å². The molecule has 0 aromatic rings. The highest BCUT2D eigenvalue weighted by Gasteiger charge is 2.75. The Balaban J connectivity index is 2.52. The summed E-state index contributed by atoms with van der Waals surface area (Å²) in [6.07, 6.45) is -4.17. The zero-order chi connectivity index (χ0) is 17.1. The van der Waals surface area contributed by atoms with Crippen LogP contribution < -0.4 is 0 Å². The van der Waals surface area contributed by atoms with Gasteiger partial charge in [-0.3, -0.25) is 4.79 Å². The molecule has 0 radical (unpaired) electrons. The second kappa shape index (κ2) is 5.13. The highest BCUT2D eigenvalue weighted by atomic mass is 19.4. The Morgan fingerprint density at radius 1 is 1.23 bits per heavy atom. The molecular weight excluding hydrogens is 293 g/mol.